The quantitative estimate of drug-likeness (QED) is 0.789. The molecule has 0 aromatic heterocycles. The predicted octanol–water partition coefficient (Wildman–Crippen LogP) is 3.30. The molecule has 4 nitrogen and oxygen atoms in total. The van der Waals surface area contributed by atoms with E-state index >= 15 is 0 Å². The predicted molar refractivity (Wildman–Crippen MR) is 88.0 cm³/mol. The third-order valence-corrected chi connectivity index (χ3v) is 4.19. The van der Waals surface area contributed by atoms with Gasteiger partial charge in [-0.05, 0) is 43.5 Å². The highest BCUT2D eigenvalue weighted by Crippen LogP contribution is 2.17. The van der Waals surface area contributed by atoms with Gasteiger partial charge in [0.25, 0.3) is 5.91 Å². The van der Waals surface area contributed by atoms with Gasteiger partial charge in [0, 0.05) is 29.6 Å². The minimum Gasteiger partial charge on any atom is -0.353 e. The molecule has 1 fully saturated rings. The maximum Gasteiger partial charge on any atom is 0.251 e. The van der Waals surface area contributed by atoms with Crippen LogP contribution in [0.5, 0.6) is 0 Å². The second-order valence-electron chi connectivity index (χ2n) is 5.77. The molecule has 1 aliphatic rings. The first-order valence-corrected chi connectivity index (χ1v) is 8.36. The van der Waals surface area contributed by atoms with Crippen molar-refractivity contribution in [3.05, 3.63) is 34.9 Å². The Balaban J connectivity index is 1.61. The van der Waals surface area contributed by atoms with Gasteiger partial charge in [-0.2, -0.15) is 0 Å². The van der Waals surface area contributed by atoms with Crippen molar-refractivity contribution < 1.29 is 9.59 Å². The average molecular weight is 323 g/mol. The van der Waals surface area contributed by atoms with Gasteiger partial charge in [-0.3, -0.25) is 9.59 Å². The molecule has 120 valence electrons. The third kappa shape index (κ3) is 5.68. The molecule has 1 saturated carbocycles. The molecule has 1 aromatic rings. The van der Waals surface area contributed by atoms with Crippen LogP contribution in [0.1, 0.15) is 55.3 Å². The molecule has 2 rings (SSSR count). The Morgan fingerprint density at radius 3 is 2.45 bits per heavy atom. The van der Waals surface area contributed by atoms with E-state index in [4.69, 9.17) is 11.6 Å². The van der Waals surface area contributed by atoms with E-state index in [9.17, 15) is 9.59 Å². The number of carbonyl (C=O) groups is 2. The van der Waals surface area contributed by atoms with E-state index < -0.39 is 0 Å². The molecule has 0 radical (unpaired) electrons. The Hall–Kier alpha value is -1.55. The molecule has 1 aliphatic carbocycles. The van der Waals surface area contributed by atoms with Crippen LogP contribution in [0, 0.1) is 0 Å². The fourth-order valence-electron chi connectivity index (χ4n) is 2.70. The normalized spacial score (nSPS) is 15.3. The van der Waals surface area contributed by atoms with Crippen molar-refractivity contribution in [1.29, 1.82) is 0 Å². The molecule has 0 unspecified atom stereocenters. The minimum atomic E-state index is -0.135. The van der Waals surface area contributed by atoms with Crippen LogP contribution in [0.25, 0.3) is 0 Å². The van der Waals surface area contributed by atoms with Crippen molar-refractivity contribution in [1.82, 2.24) is 10.6 Å². The minimum absolute atomic E-state index is 0.0904. The SMILES string of the molecule is O=C(CCCNC(=O)c1ccc(Cl)cc1)NC1CCCCC1. The lowest BCUT2D eigenvalue weighted by Crippen LogP contribution is -2.36. The highest BCUT2D eigenvalue weighted by molar-refractivity contribution is 6.30. The van der Waals surface area contributed by atoms with Crippen molar-refractivity contribution in [3.8, 4) is 0 Å². The van der Waals surface area contributed by atoms with Gasteiger partial charge in [-0.25, -0.2) is 0 Å². The molecule has 0 atom stereocenters. The second-order valence-corrected chi connectivity index (χ2v) is 6.21. The summed E-state index contributed by atoms with van der Waals surface area (Å²) in [5, 5.41) is 6.50. The monoisotopic (exact) mass is 322 g/mol. The zero-order valence-electron chi connectivity index (χ0n) is 12.7. The van der Waals surface area contributed by atoms with Gasteiger partial charge >= 0.3 is 0 Å². The summed E-state index contributed by atoms with van der Waals surface area (Å²) in [6, 6.07) is 7.10. The van der Waals surface area contributed by atoms with Gasteiger partial charge in [0.05, 0.1) is 0 Å². The highest BCUT2D eigenvalue weighted by atomic mass is 35.5. The lowest BCUT2D eigenvalue weighted by Gasteiger charge is -2.22. The largest absolute Gasteiger partial charge is 0.353 e. The second kappa shape index (κ2) is 8.79. The lowest BCUT2D eigenvalue weighted by molar-refractivity contribution is -0.122. The maximum absolute atomic E-state index is 11.9. The molecule has 0 bridgehead atoms. The van der Waals surface area contributed by atoms with E-state index in [1.807, 2.05) is 0 Å². The summed E-state index contributed by atoms with van der Waals surface area (Å²) in [7, 11) is 0. The summed E-state index contributed by atoms with van der Waals surface area (Å²) in [5.41, 5.74) is 0.580. The van der Waals surface area contributed by atoms with Crippen molar-refractivity contribution in [2.45, 2.75) is 51.0 Å². The molecule has 1 aromatic carbocycles. The summed E-state index contributed by atoms with van der Waals surface area (Å²) < 4.78 is 0. The zero-order valence-corrected chi connectivity index (χ0v) is 13.5. The Labute approximate surface area is 136 Å². The molecular weight excluding hydrogens is 300 g/mol. The first-order valence-electron chi connectivity index (χ1n) is 7.98. The Morgan fingerprint density at radius 2 is 1.77 bits per heavy atom. The first kappa shape index (κ1) is 16.8. The third-order valence-electron chi connectivity index (χ3n) is 3.94. The van der Waals surface area contributed by atoms with Gasteiger partial charge in [0.15, 0.2) is 0 Å². The number of carbonyl (C=O) groups excluding carboxylic acids is 2. The van der Waals surface area contributed by atoms with Gasteiger partial charge in [-0.1, -0.05) is 30.9 Å². The number of rotatable bonds is 6. The molecule has 0 saturated heterocycles. The molecule has 0 heterocycles. The number of amides is 2. The van der Waals surface area contributed by atoms with Gasteiger partial charge in [-0.15, -0.1) is 0 Å². The van der Waals surface area contributed by atoms with Crippen LogP contribution in [0.4, 0.5) is 0 Å². The zero-order chi connectivity index (χ0) is 15.8. The average Bonchev–Trinajstić information content (AvgIpc) is 2.53. The Morgan fingerprint density at radius 1 is 1.09 bits per heavy atom. The van der Waals surface area contributed by atoms with E-state index in [1.54, 1.807) is 24.3 Å². The Bertz CT molecular complexity index is 496. The number of hydrogen-bond donors (Lipinski definition) is 2. The van der Waals surface area contributed by atoms with Crippen molar-refractivity contribution in [3.63, 3.8) is 0 Å². The summed E-state index contributed by atoms with van der Waals surface area (Å²) in [4.78, 5) is 23.7. The summed E-state index contributed by atoms with van der Waals surface area (Å²) >= 11 is 5.78. The standard InChI is InChI=1S/C17H23ClN2O2/c18-14-10-8-13(9-11-14)17(22)19-12-4-7-16(21)20-15-5-2-1-3-6-15/h8-11,15H,1-7,12H2,(H,19,22)(H,20,21). The lowest BCUT2D eigenvalue weighted by atomic mass is 9.95. The highest BCUT2D eigenvalue weighted by Gasteiger charge is 2.15. The molecule has 2 N–H and O–H groups in total. The van der Waals surface area contributed by atoms with Crippen LogP contribution in [0.15, 0.2) is 24.3 Å². The fraction of sp³-hybridized carbons (Fsp3) is 0.529. The van der Waals surface area contributed by atoms with E-state index in [-0.39, 0.29) is 11.8 Å². The Kier molecular flexibility index (Phi) is 6.72. The summed E-state index contributed by atoms with van der Waals surface area (Å²) in [6.07, 6.45) is 7.00. The molecule has 2 amide bonds. The molecule has 0 aliphatic heterocycles. The summed E-state index contributed by atoms with van der Waals surface area (Å²) in [6.45, 7) is 0.500. The van der Waals surface area contributed by atoms with Crippen molar-refractivity contribution in [2.24, 2.45) is 0 Å². The van der Waals surface area contributed by atoms with Gasteiger partial charge < -0.3 is 10.6 Å². The van der Waals surface area contributed by atoms with Crippen LogP contribution < -0.4 is 10.6 Å². The number of nitrogens with one attached hydrogen (secondary N) is 2. The fourth-order valence-corrected chi connectivity index (χ4v) is 2.83. The van der Waals surface area contributed by atoms with Crippen LogP contribution in [0.3, 0.4) is 0 Å². The molecule has 0 spiro atoms. The van der Waals surface area contributed by atoms with E-state index in [0.29, 0.717) is 36.0 Å². The number of hydrogen-bond acceptors (Lipinski definition) is 2. The van der Waals surface area contributed by atoms with Crippen LogP contribution in [-0.4, -0.2) is 24.4 Å². The van der Waals surface area contributed by atoms with E-state index in [2.05, 4.69) is 10.6 Å². The summed E-state index contributed by atoms with van der Waals surface area (Å²) in [5.74, 6) is -0.0444. The number of benzene rings is 1. The topological polar surface area (TPSA) is 58.2 Å². The number of halogens is 1. The van der Waals surface area contributed by atoms with Gasteiger partial charge in [0.2, 0.25) is 5.91 Å². The molecular formula is C17H23ClN2O2. The van der Waals surface area contributed by atoms with Crippen LogP contribution in [0.2, 0.25) is 5.02 Å². The van der Waals surface area contributed by atoms with Crippen LogP contribution >= 0.6 is 11.6 Å². The van der Waals surface area contributed by atoms with Gasteiger partial charge in [0.1, 0.15) is 0 Å². The van der Waals surface area contributed by atoms with E-state index in [0.717, 1.165) is 12.8 Å². The van der Waals surface area contributed by atoms with E-state index in [1.165, 1.54) is 19.3 Å². The molecule has 5 heteroatoms. The first-order chi connectivity index (χ1) is 10.6. The van der Waals surface area contributed by atoms with Crippen molar-refractivity contribution >= 4 is 23.4 Å². The maximum atomic E-state index is 11.9. The molecule has 22 heavy (non-hydrogen) atoms. The van der Waals surface area contributed by atoms with Crippen LogP contribution in [-0.2, 0) is 4.79 Å². The smallest absolute Gasteiger partial charge is 0.251 e. The van der Waals surface area contributed by atoms with Crippen molar-refractivity contribution in [2.75, 3.05) is 6.54 Å².